The van der Waals surface area contributed by atoms with Gasteiger partial charge < -0.3 is 15.5 Å². The number of aromatic nitrogens is 1. The van der Waals surface area contributed by atoms with Gasteiger partial charge in [-0.3, -0.25) is 19.3 Å². The minimum atomic E-state index is -0.642. The van der Waals surface area contributed by atoms with E-state index in [1.165, 1.54) is 0 Å². The highest BCUT2D eigenvalue weighted by Gasteiger charge is 2.51. The number of carbonyl (C=O) groups is 3. The minimum absolute atomic E-state index is 0.0177. The number of carbonyl (C=O) groups excluding carboxylic acids is 3. The molecule has 0 saturated carbocycles. The maximum absolute atomic E-state index is 13.5. The van der Waals surface area contributed by atoms with E-state index in [0.29, 0.717) is 36.4 Å². The Kier molecular flexibility index (Phi) is 5.87. The van der Waals surface area contributed by atoms with Crippen molar-refractivity contribution >= 4 is 29.2 Å². The molecule has 2 N–H and O–H groups in total. The zero-order valence-electron chi connectivity index (χ0n) is 22.7. The van der Waals surface area contributed by atoms with Crippen LogP contribution < -0.4 is 10.6 Å². The van der Waals surface area contributed by atoms with Gasteiger partial charge in [-0.25, -0.2) is 4.98 Å². The van der Waals surface area contributed by atoms with Crippen LogP contribution in [0.15, 0.2) is 36.5 Å². The molecule has 2 bridgehead atoms. The first-order valence-corrected chi connectivity index (χ1v) is 13.8. The van der Waals surface area contributed by atoms with E-state index in [1.54, 1.807) is 6.20 Å². The predicted octanol–water partition coefficient (Wildman–Crippen LogP) is 3.51. The Morgan fingerprint density at radius 1 is 1.13 bits per heavy atom. The quantitative estimate of drug-likeness (QED) is 0.650. The van der Waals surface area contributed by atoms with Gasteiger partial charge >= 0.3 is 0 Å². The van der Waals surface area contributed by atoms with Gasteiger partial charge in [0, 0.05) is 41.0 Å². The normalized spacial score (nSPS) is 27.7. The fourth-order valence-electron chi connectivity index (χ4n) is 7.24. The number of pyridine rings is 1. The van der Waals surface area contributed by atoms with Crippen LogP contribution in [-0.4, -0.2) is 64.2 Å². The molecule has 8 nitrogen and oxygen atoms in total. The average Bonchev–Trinajstić information content (AvgIpc) is 3.45. The standard InChI is InChI=1S/C30H37N5O3/c1-29(2,3)28(38)35(24-12-10-21-9-11-23(24)34(21)4)17-25(36)32-20-8-7-18-15-30(16-19(18)14-20)22-6-5-13-31-26(22)33-27(30)37/h5-8,13-14,21,23-24H,9-12,15-17H2,1-4H3,(H,32,36)(H,31,33,37)/t21?,23?,24?,30-/m1/s1. The molecule has 4 heterocycles. The number of anilines is 2. The molecule has 2 aromatic rings. The minimum Gasteiger partial charge on any atom is -0.328 e. The first kappa shape index (κ1) is 25.0. The van der Waals surface area contributed by atoms with Crippen LogP contribution in [0.3, 0.4) is 0 Å². The molecule has 3 unspecified atom stereocenters. The third kappa shape index (κ3) is 4.01. The zero-order chi connectivity index (χ0) is 26.8. The van der Waals surface area contributed by atoms with Crippen molar-refractivity contribution in [3.63, 3.8) is 0 Å². The van der Waals surface area contributed by atoms with E-state index in [4.69, 9.17) is 0 Å². The molecule has 38 heavy (non-hydrogen) atoms. The van der Waals surface area contributed by atoms with Crippen LogP contribution >= 0.6 is 0 Å². The summed E-state index contributed by atoms with van der Waals surface area (Å²) in [5.41, 5.74) is 2.60. The molecule has 3 amide bonds. The summed E-state index contributed by atoms with van der Waals surface area (Å²) < 4.78 is 0. The fourth-order valence-corrected chi connectivity index (χ4v) is 7.24. The molecule has 2 saturated heterocycles. The molecule has 1 aliphatic carbocycles. The lowest BCUT2D eigenvalue weighted by Crippen LogP contribution is -2.58. The van der Waals surface area contributed by atoms with E-state index in [1.807, 2.05) is 56.0 Å². The van der Waals surface area contributed by atoms with Crippen molar-refractivity contribution in [2.24, 2.45) is 5.41 Å². The third-order valence-electron chi connectivity index (χ3n) is 9.22. The highest BCUT2D eigenvalue weighted by molar-refractivity contribution is 6.06. The number of amides is 3. The Morgan fingerprint density at radius 3 is 2.68 bits per heavy atom. The van der Waals surface area contributed by atoms with Crippen molar-refractivity contribution in [3.8, 4) is 0 Å². The van der Waals surface area contributed by atoms with E-state index in [-0.39, 0.29) is 30.3 Å². The molecule has 4 aliphatic rings. The van der Waals surface area contributed by atoms with Gasteiger partial charge in [0.1, 0.15) is 12.4 Å². The summed E-state index contributed by atoms with van der Waals surface area (Å²) in [5.74, 6) is 0.457. The van der Waals surface area contributed by atoms with E-state index < -0.39 is 10.8 Å². The van der Waals surface area contributed by atoms with Gasteiger partial charge in [0.25, 0.3) is 0 Å². The second-order valence-electron chi connectivity index (χ2n) is 12.6. The maximum atomic E-state index is 13.5. The molecule has 1 aromatic carbocycles. The van der Waals surface area contributed by atoms with Gasteiger partial charge in [0.2, 0.25) is 17.7 Å². The first-order chi connectivity index (χ1) is 18.1. The Balaban J connectivity index is 1.20. The lowest BCUT2D eigenvalue weighted by molar-refractivity contribution is -0.146. The Labute approximate surface area is 224 Å². The smallest absolute Gasteiger partial charge is 0.244 e. The molecule has 1 aromatic heterocycles. The first-order valence-electron chi connectivity index (χ1n) is 13.8. The Morgan fingerprint density at radius 2 is 1.89 bits per heavy atom. The highest BCUT2D eigenvalue weighted by atomic mass is 16.2. The molecule has 4 atom stereocenters. The maximum Gasteiger partial charge on any atom is 0.244 e. The van der Waals surface area contributed by atoms with E-state index >= 15 is 0 Å². The lowest BCUT2D eigenvalue weighted by Gasteiger charge is -2.44. The highest BCUT2D eigenvalue weighted by Crippen LogP contribution is 2.47. The molecule has 200 valence electrons. The van der Waals surface area contributed by atoms with E-state index in [9.17, 15) is 14.4 Å². The summed E-state index contributed by atoms with van der Waals surface area (Å²) in [7, 11) is 2.16. The summed E-state index contributed by atoms with van der Waals surface area (Å²) in [6, 6.07) is 10.7. The van der Waals surface area contributed by atoms with E-state index in [0.717, 1.165) is 42.4 Å². The molecule has 2 fully saturated rings. The van der Waals surface area contributed by atoms with Crippen LogP contribution in [0, 0.1) is 5.41 Å². The fraction of sp³-hybridized carbons (Fsp3) is 0.533. The monoisotopic (exact) mass is 515 g/mol. The summed E-state index contributed by atoms with van der Waals surface area (Å²) >= 11 is 0. The number of benzene rings is 1. The molecule has 0 radical (unpaired) electrons. The molecule has 1 spiro atoms. The number of fused-ring (bicyclic) bond motifs is 5. The van der Waals surface area contributed by atoms with Crippen LogP contribution in [0.25, 0.3) is 0 Å². The van der Waals surface area contributed by atoms with Crippen LogP contribution in [0.4, 0.5) is 11.5 Å². The van der Waals surface area contributed by atoms with Crippen molar-refractivity contribution in [3.05, 3.63) is 53.2 Å². The van der Waals surface area contributed by atoms with Crippen LogP contribution in [0.2, 0.25) is 0 Å². The van der Waals surface area contributed by atoms with Crippen LogP contribution in [0.1, 0.15) is 63.1 Å². The predicted molar refractivity (Wildman–Crippen MR) is 146 cm³/mol. The van der Waals surface area contributed by atoms with Crippen molar-refractivity contribution < 1.29 is 14.4 Å². The molecule has 8 heteroatoms. The van der Waals surface area contributed by atoms with E-state index in [2.05, 4.69) is 27.6 Å². The lowest BCUT2D eigenvalue weighted by atomic mass is 9.79. The van der Waals surface area contributed by atoms with Crippen LogP contribution in [0.5, 0.6) is 0 Å². The van der Waals surface area contributed by atoms with Gasteiger partial charge in [-0.1, -0.05) is 32.9 Å². The number of nitrogens with zero attached hydrogens (tertiary/aromatic N) is 3. The largest absolute Gasteiger partial charge is 0.328 e. The number of rotatable bonds is 4. The Hall–Kier alpha value is -3.26. The number of hydrogen-bond acceptors (Lipinski definition) is 5. The van der Waals surface area contributed by atoms with Crippen molar-refractivity contribution in [1.29, 1.82) is 0 Å². The molecular weight excluding hydrogens is 478 g/mol. The summed E-state index contributed by atoms with van der Waals surface area (Å²) in [5, 5.41) is 5.99. The second kappa shape index (κ2) is 8.90. The third-order valence-corrected chi connectivity index (χ3v) is 9.22. The zero-order valence-corrected chi connectivity index (χ0v) is 22.7. The molecule has 6 rings (SSSR count). The number of nitrogens with one attached hydrogen (secondary N) is 2. The SMILES string of the molecule is CN1C2CCC(N(CC(=O)Nc3ccc4c(c3)C[C@@]3(C4)C(=O)Nc4ncccc43)C(=O)C(C)(C)C)C1CC2. The van der Waals surface area contributed by atoms with Gasteiger partial charge in [-0.15, -0.1) is 0 Å². The number of likely N-dealkylation sites (N-methyl/N-ethyl adjacent to an activating group) is 1. The molecule has 3 aliphatic heterocycles. The molecular formula is C30H37N5O3. The topological polar surface area (TPSA) is 94.6 Å². The van der Waals surface area contributed by atoms with Gasteiger partial charge in [-0.2, -0.15) is 0 Å². The van der Waals surface area contributed by atoms with Gasteiger partial charge in [-0.05, 0) is 74.9 Å². The van der Waals surface area contributed by atoms with Gasteiger partial charge in [0.15, 0.2) is 0 Å². The van der Waals surface area contributed by atoms with Gasteiger partial charge in [0.05, 0.1) is 5.41 Å². The summed E-state index contributed by atoms with van der Waals surface area (Å²) in [6.45, 7) is 5.81. The van der Waals surface area contributed by atoms with Crippen LogP contribution in [-0.2, 0) is 32.6 Å². The second-order valence-corrected chi connectivity index (χ2v) is 12.6. The van der Waals surface area contributed by atoms with Crippen molar-refractivity contribution in [1.82, 2.24) is 14.8 Å². The number of hydrogen-bond donors (Lipinski definition) is 2. The van der Waals surface area contributed by atoms with Crippen molar-refractivity contribution in [2.75, 3.05) is 24.2 Å². The Bertz CT molecular complexity index is 1320. The summed E-state index contributed by atoms with van der Waals surface area (Å²) in [6.07, 6.45) is 7.11. The average molecular weight is 516 g/mol. The van der Waals surface area contributed by atoms with Crippen molar-refractivity contribution in [2.45, 2.75) is 82.8 Å². The number of piperidine rings is 1. The summed E-state index contributed by atoms with van der Waals surface area (Å²) in [4.78, 5) is 48.5.